The molecule has 3 nitrogen and oxygen atoms in total. The lowest BCUT2D eigenvalue weighted by molar-refractivity contribution is 0.0911. The summed E-state index contributed by atoms with van der Waals surface area (Å²) in [7, 11) is 0. The van der Waals surface area contributed by atoms with Gasteiger partial charge in [-0.25, -0.2) is 0 Å². The Kier molecular flexibility index (Phi) is 4.09. The first-order valence-corrected chi connectivity index (χ1v) is 6.71. The molecule has 0 bridgehead atoms. The number of hydrogen-bond donors (Lipinski definition) is 1. The molecule has 1 aliphatic rings. The van der Waals surface area contributed by atoms with E-state index in [0.29, 0.717) is 17.2 Å². The monoisotopic (exact) mass is 244 g/mol. The molecule has 1 aromatic carbocycles. The van der Waals surface area contributed by atoms with E-state index in [9.17, 15) is 0 Å². The Bertz CT molecular complexity index is 450. The van der Waals surface area contributed by atoms with Crippen molar-refractivity contribution in [3.63, 3.8) is 0 Å². The molecule has 0 aliphatic heterocycles. The van der Waals surface area contributed by atoms with Crippen molar-refractivity contribution in [1.82, 2.24) is 0 Å². The minimum atomic E-state index is 0.277. The highest BCUT2D eigenvalue weighted by atomic mass is 16.5. The van der Waals surface area contributed by atoms with Crippen molar-refractivity contribution in [3.8, 4) is 11.8 Å². The lowest BCUT2D eigenvalue weighted by atomic mass is 9.85. The third kappa shape index (κ3) is 2.76. The van der Waals surface area contributed by atoms with Gasteiger partial charge in [0, 0.05) is 0 Å². The summed E-state index contributed by atoms with van der Waals surface area (Å²) < 4.78 is 6.05. The summed E-state index contributed by atoms with van der Waals surface area (Å²) in [5.41, 5.74) is 7.07. The van der Waals surface area contributed by atoms with Crippen LogP contribution >= 0.6 is 0 Å². The summed E-state index contributed by atoms with van der Waals surface area (Å²) in [5.74, 6) is 1.35. The molecule has 2 atom stereocenters. The second-order valence-corrected chi connectivity index (χ2v) is 4.97. The number of nitriles is 1. The minimum absolute atomic E-state index is 0.277. The summed E-state index contributed by atoms with van der Waals surface area (Å²) in [6, 6.07) is 7.34. The van der Waals surface area contributed by atoms with Crippen LogP contribution in [0.1, 0.15) is 44.6 Å². The quantitative estimate of drug-likeness (QED) is 0.828. The zero-order valence-corrected chi connectivity index (χ0v) is 10.9. The molecule has 18 heavy (non-hydrogen) atoms. The first-order valence-electron chi connectivity index (χ1n) is 6.71. The maximum atomic E-state index is 8.81. The van der Waals surface area contributed by atoms with Crippen LogP contribution in [0.25, 0.3) is 0 Å². The molecule has 1 aromatic rings. The molecule has 2 rings (SSSR count). The Balaban J connectivity index is 2.10. The topological polar surface area (TPSA) is 59.0 Å². The van der Waals surface area contributed by atoms with E-state index in [2.05, 4.69) is 13.0 Å². The number of ether oxygens (including phenoxy) is 1. The SMILES string of the molecule is CCC1CCCCC1Oc1ccc(C#N)cc1N. The van der Waals surface area contributed by atoms with Crippen molar-refractivity contribution in [3.05, 3.63) is 23.8 Å². The third-order valence-electron chi connectivity index (χ3n) is 3.78. The van der Waals surface area contributed by atoms with E-state index in [-0.39, 0.29) is 6.10 Å². The lowest BCUT2D eigenvalue weighted by Gasteiger charge is -2.31. The molecule has 2 unspecified atom stereocenters. The molecule has 0 spiro atoms. The molecule has 2 N–H and O–H groups in total. The average molecular weight is 244 g/mol. The Morgan fingerprint density at radius 1 is 1.39 bits per heavy atom. The van der Waals surface area contributed by atoms with E-state index in [1.54, 1.807) is 12.1 Å². The van der Waals surface area contributed by atoms with Gasteiger partial charge in [0.25, 0.3) is 0 Å². The molecule has 3 heteroatoms. The molecule has 96 valence electrons. The fraction of sp³-hybridized carbons (Fsp3) is 0.533. The van der Waals surface area contributed by atoms with Gasteiger partial charge in [0.15, 0.2) is 0 Å². The molecule has 0 radical (unpaired) electrons. The van der Waals surface area contributed by atoms with E-state index >= 15 is 0 Å². The van der Waals surface area contributed by atoms with Crippen LogP contribution in [-0.2, 0) is 0 Å². The zero-order chi connectivity index (χ0) is 13.0. The van der Waals surface area contributed by atoms with E-state index in [1.165, 1.54) is 19.3 Å². The van der Waals surface area contributed by atoms with Gasteiger partial charge in [0.2, 0.25) is 0 Å². The normalized spacial score (nSPS) is 23.3. The summed E-state index contributed by atoms with van der Waals surface area (Å²) in [6.07, 6.45) is 6.33. The van der Waals surface area contributed by atoms with Crippen molar-refractivity contribution in [2.24, 2.45) is 5.92 Å². The van der Waals surface area contributed by atoms with E-state index < -0.39 is 0 Å². The van der Waals surface area contributed by atoms with Gasteiger partial charge >= 0.3 is 0 Å². The third-order valence-corrected chi connectivity index (χ3v) is 3.78. The molecular weight excluding hydrogens is 224 g/mol. The summed E-state index contributed by atoms with van der Waals surface area (Å²) >= 11 is 0. The van der Waals surface area contributed by atoms with Crippen molar-refractivity contribution in [2.75, 3.05) is 5.73 Å². The first-order chi connectivity index (χ1) is 8.74. The number of anilines is 1. The first kappa shape index (κ1) is 12.8. The fourth-order valence-electron chi connectivity index (χ4n) is 2.68. The van der Waals surface area contributed by atoms with Crippen LogP contribution in [0.4, 0.5) is 5.69 Å². The minimum Gasteiger partial charge on any atom is -0.488 e. The summed E-state index contributed by atoms with van der Waals surface area (Å²) in [5, 5.41) is 8.81. The number of nitrogen functional groups attached to an aromatic ring is 1. The van der Waals surface area contributed by atoms with Crippen LogP contribution in [0.5, 0.6) is 5.75 Å². The Hall–Kier alpha value is -1.69. The zero-order valence-electron chi connectivity index (χ0n) is 10.9. The molecule has 0 amide bonds. The smallest absolute Gasteiger partial charge is 0.142 e. The lowest BCUT2D eigenvalue weighted by Crippen LogP contribution is -2.30. The number of nitrogens with zero attached hydrogens (tertiary/aromatic N) is 1. The molecule has 0 heterocycles. The summed E-state index contributed by atoms with van der Waals surface area (Å²) in [4.78, 5) is 0. The van der Waals surface area contributed by atoms with Crippen molar-refractivity contribution >= 4 is 5.69 Å². The second-order valence-electron chi connectivity index (χ2n) is 4.97. The molecule has 0 aromatic heterocycles. The van der Waals surface area contributed by atoms with Gasteiger partial charge in [-0.1, -0.05) is 13.3 Å². The van der Waals surface area contributed by atoms with Crippen LogP contribution in [0.15, 0.2) is 18.2 Å². The van der Waals surface area contributed by atoms with Gasteiger partial charge in [-0.2, -0.15) is 5.26 Å². The highest BCUT2D eigenvalue weighted by Crippen LogP contribution is 2.32. The maximum Gasteiger partial charge on any atom is 0.142 e. The Labute approximate surface area is 109 Å². The van der Waals surface area contributed by atoms with Gasteiger partial charge in [-0.15, -0.1) is 0 Å². The van der Waals surface area contributed by atoms with Gasteiger partial charge in [-0.05, 0) is 49.8 Å². The number of nitrogens with two attached hydrogens (primary N) is 1. The largest absolute Gasteiger partial charge is 0.488 e. The maximum absolute atomic E-state index is 8.81. The molecular formula is C15H20N2O. The molecule has 0 saturated heterocycles. The molecule has 1 saturated carbocycles. The van der Waals surface area contributed by atoms with E-state index in [0.717, 1.165) is 18.6 Å². The number of rotatable bonds is 3. The summed E-state index contributed by atoms with van der Waals surface area (Å²) in [6.45, 7) is 2.22. The highest BCUT2D eigenvalue weighted by molar-refractivity contribution is 5.56. The number of benzene rings is 1. The average Bonchev–Trinajstić information content (AvgIpc) is 2.41. The van der Waals surface area contributed by atoms with Crippen LogP contribution in [0, 0.1) is 17.2 Å². The van der Waals surface area contributed by atoms with Crippen molar-refractivity contribution in [1.29, 1.82) is 5.26 Å². The van der Waals surface area contributed by atoms with Crippen LogP contribution in [-0.4, -0.2) is 6.10 Å². The van der Waals surface area contributed by atoms with Crippen LogP contribution < -0.4 is 10.5 Å². The van der Waals surface area contributed by atoms with Gasteiger partial charge < -0.3 is 10.5 Å². The van der Waals surface area contributed by atoms with Crippen LogP contribution in [0.3, 0.4) is 0 Å². The van der Waals surface area contributed by atoms with E-state index in [1.807, 2.05) is 6.07 Å². The fourth-order valence-corrected chi connectivity index (χ4v) is 2.68. The number of hydrogen-bond acceptors (Lipinski definition) is 3. The predicted octanol–water partition coefficient (Wildman–Crippen LogP) is 3.49. The van der Waals surface area contributed by atoms with Crippen LogP contribution in [0.2, 0.25) is 0 Å². The van der Waals surface area contributed by atoms with Crippen molar-refractivity contribution < 1.29 is 4.74 Å². The Morgan fingerprint density at radius 3 is 2.83 bits per heavy atom. The second kappa shape index (κ2) is 5.77. The Morgan fingerprint density at radius 2 is 2.17 bits per heavy atom. The van der Waals surface area contributed by atoms with Crippen molar-refractivity contribution in [2.45, 2.75) is 45.1 Å². The van der Waals surface area contributed by atoms with Gasteiger partial charge in [-0.3, -0.25) is 0 Å². The molecule has 1 fully saturated rings. The standard InChI is InChI=1S/C15H20N2O/c1-2-12-5-3-4-6-14(12)18-15-8-7-11(10-16)9-13(15)17/h7-9,12,14H,2-6,17H2,1H3. The van der Waals surface area contributed by atoms with Gasteiger partial charge in [0.1, 0.15) is 11.9 Å². The molecule has 1 aliphatic carbocycles. The van der Waals surface area contributed by atoms with Gasteiger partial charge in [0.05, 0.1) is 17.3 Å². The predicted molar refractivity (Wildman–Crippen MR) is 72.2 cm³/mol. The van der Waals surface area contributed by atoms with E-state index in [4.69, 9.17) is 15.7 Å². The highest BCUT2D eigenvalue weighted by Gasteiger charge is 2.25.